The van der Waals surface area contributed by atoms with Crippen molar-refractivity contribution in [1.29, 1.82) is 0 Å². The molecular weight excluding hydrogens is 416 g/mol. The van der Waals surface area contributed by atoms with Crippen molar-refractivity contribution in [2.75, 3.05) is 19.7 Å². The lowest BCUT2D eigenvalue weighted by Crippen LogP contribution is -2.43. The van der Waals surface area contributed by atoms with Crippen molar-refractivity contribution < 1.29 is 14.1 Å². The smallest absolute Gasteiger partial charge is 0.241 e. The molecule has 2 unspecified atom stereocenters. The Morgan fingerprint density at radius 2 is 1.97 bits per heavy atom. The molecule has 0 bridgehead atoms. The molecule has 1 fully saturated rings. The van der Waals surface area contributed by atoms with Crippen molar-refractivity contribution >= 4 is 5.91 Å². The highest BCUT2D eigenvalue weighted by molar-refractivity contribution is 5.79. The van der Waals surface area contributed by atoms with E-state index in [2.05, 4.69) is 20.4 Å². The number of amides is 1. The number of nitrogens with zero attached hydrogens (tertiary/aromatic N) is 3. The third-order valence-electron chi connectivity index (χ3n) is 6.06. The van der Waals surface area contributed by atoms with E-state index >= 15 is 0 Å². The highest BCUT2D eigenvalue weighted by Crippen LogP contribution is 2.23. The van der Waals surface area contributed by atoms with Crippen LogP contribution in [0.4, 0.5) is 0 Å². The minimum Gasteiger partial charge on any atom is -0.494 e. The molecule has 0 saturated carbocycles. The van der Waals surface area contributed by atoms with Crippen LogP contribution in [0.5, 0.6) is 5.75 Å². The van der Waals surface area contributed by atoms with Gasteiger partial charge >= 0.3 is 0 Å². The van der Waals surface area contributed by atoms with Gasteiger partial charge in [0.05, 0.1) is 25.1 Å². The SMILES string of the molecule is CCOc1ccc(C(C)NC(=O)C2CCCN(Cc3nc(-c4ccc(C)cc4)no3)C2)cc1. The highest BCUT2D eigenvalue weighted by Gasteiger charge is 2.28. The fourth-order valence-electron chi connectivity index (χ4n) is 4.18. The van der Waals surface area contributed by atoms with Crippen molar-refractivity contribution in [1.82, 2.24) is 20.4 Å². The summed E-state index contributed by atoms with van der Waals surface area (Å²) in [5.41, 5.74) is 3.20. The number of hydrogen-bond acceptors (Lipinski definition) is 6. The summed E-state index contributed by atoms with van der Waals surface area (Å²) in [6.45, 7) is 8.82. The lowest BCUT2D eigenvalue weighted by molar-refractivity contribution is -0.127. The average molecular weight is 449 g/mol. The van der Waals surface area contributed by atoms with Crippen molar-refractivity contribution in [3.8, 4) is 17.1 Å². The van der Waals surface area contributed by atoms with Gasteiger partial charge in [0.15, 0.2) is 0 Å². The summed E-state index contributed by atoms with van der Waals surface area (Å²) in [4.78, 5) is 19.7. The molecule has 0 spiro atoms. The second-order valence-electron chi connectivity index (χ2n) is 8.68. The number of hydrogen-bond donors (Lipinski definition) is 1. The zero-order chi connectivity index (χ0) is 23.2. The average Bonchev–Trinajstić information content (AvgIpc) is 3.28. The molecule has 4 rings (SSSR count). The van der Waals surface area contributed by atoms with Crippen LogP contribution in [0.3, 0.4) is 0 Å². The van der Waals surface area contributed by atoms with E-state index in [-0.39, 0.29) is 17.9 Å². The third-order valence-corrected chi connectivity index (χ3v) is 6.06. The van der Waals surface area contributed by atoms with Crippen LogP contribution in [-0.2, 0) is 11.3 Å². The maximum absolute atomic E-state index is 13.0. The number of rotatable bonds is 8. The Bertz CT molecular complexity index is 1050. The maximum Gasteiger partial charge on any atom is 0.241 e. The van der Waals surface area contributed by atoms with E-state index in [1.807, 2.05) is 69.3 Å². The van der Waals surface area contributed by atoms with Crippen molar-refractivity contribution in [2.24, 2.45) is 5.92 Å². The predicted octanol–water partition coefficient (Wildman–Crippen LogP) is 4.53. The van der Waals surface area contributed by atoms with Crippen LogP contribution in [0.2, 0.25) is 0 Å². The molecule has 7 nitrogen and oxygen atoms in total. The van der Waals surface area contributed by atoms with E-state index in [9.17, 15) is 4.79 Å². The molecule has 0 aliphatic carbocycles. The first-order chi connectivity index (χ1) is 16.0. The number of aryl methyl sites for hydroxylation is 1. The Labute approximate surface area is 195 Å². The molecule has 3 aromatic rings. The molecule has 1 aliphatic heterocycles. The van der Waals surface area contributed by atoms with Crippen LogP contribution in [-0.4, -0.2) is 40.6 Å². The van der Waals surface area contributed by atoms with Gasteiger partial charge in [-0.3, -0.25) is 9.69 Å². The molecular formula is C26H32N4O3. The standard InChI is InChI=1S/C26H32N4O3/c1-4-32-23-13-11-20(12-14-23)19(3)27-26(31)22-6-5-15-30(16-22)17-24-28-25(29-33-24)21-9-7-18(2)8-10-21/h7-14,19,22H,4-6,15-17H2,1-3H3,(H,27,31). The molecule has 174 valence electrons. The van der Waals surface area contributed by atoms with E-state index in [1.54, 1.807) is 0 Å². The van der Waals surface area contributed by atoms with Gasteiger partial charge in [0.1, 0.15) is 5.75 Å². The first-order valence-electron chi connectivity index (χ1n) is 11.7. The summed E-state index contributed by atoms with van der Waals surface area (Å²) in [5.74, 6) is 2.06. The molecule has 1 amide bonds. The molecule has 7 heteroatoms. The number of carbonyl (C=O) groups is 1. The fraction of sp³-hybridized carbons (Fsp3) is 0.423. The Hall–Kier alpha value is -3.19. The predicted molar refractivity (Wildman–Crippen MR) is 127 cm³/mol. The number of carbonyl (C=O) groups excluding carboxylic acids is 1. The van der Waals surface area contributed by atoms with Crippen LogP contribution in [0, 0.1) is 12.8 Å². The number of aromatic nitrogens is 2. The summed E-state index contributed by atoms with van der Waals surface area (Å²) in [6, 6.07) is 15.9. The minimum absolute atomic E-state index is 0.0524. The number of piperidine rings is 1. The Morgan fingerprint density at radius 3 is 2.70 bits per heavy atom. The van der Waals surface area contributed by atoms with Crippen molar-refractivity contribution in [2.45, 2.75) is 46.2 Å². The van der Waals surface area contributed by atoms with E-state index in [0.29, 0.717) is 31.4 Å². The van der Waals surface area contributed by atoms with Gasteiger partial charge in [0, 0.05) is 12.1 Å². The summed E-state index contributed by atoms with van der Waals surface area (Å²) in [6.07, 6.45) is 1.85. The van der Waals surface area contributed by atoms with E-state index in [4.69, 9.17) is 9.26 Å². The fourth-order valence-corrected chi connectivity index (χ4v) is 4.18. The van der Waals surface area contributed by atoms with Gasteiger partial charge in [-0.05, 0) is 57.9 Å². The van der Waals surface area contributed by atoms with Gasteiger partial charge in [-0.15, -0.1) is 0 Å². The lowest BCUT2D eigenvalue weighted by atomic mass is 9.96. The van der Waals surface area contributed by atoms with Crippen LogP contribution >= 0.6 is 0 Å². The molecule has 0 radical (unpaired) electrons. The first kappa shape index (κ1) is 23.0. The summed E-state index contributed by atoms with van der Waals surface area (Å²) < 4.78 is 11.0. The molecule has 2 aromatic carbocycles. The monoisotopic (exact) mass is 448 g/mol. The molecule has 1 aromatic heterocycles. The van der Waals surface area contributed by atoms with Crippen LogP contribution in [0.1, 0.15) is 49.7 Å². The van der Waals surface area contributed by atoms with Gasteiger partial charge in [-0.2, -0.15) is 4.98 Å². The van der Waals surface area contributed by atoms with Gasteiger partial charge < -0.3 is 14.6 Å². The minimum atomic E-state index is -0.0587. The number of benzene rings is 2. The topological polar surface area (TPSA) is 80.5 Å². The number of ether oxygens (including phenoxy) is 1. The van der Waals surface area contributed by atoms with Crippen LogP contribution < -0.4 is 10.1 Å². The molecule has 2 heterocycles. The number of nitrogens with one attached hydrogen (secondary N) is 1. The van der Waals surface area contributed by atoms with Crippen LogP contribution in [0.15, 0.2) is 53.1 Å². The van der Waals surface area contributed by atoms with Gasteiger partial charge in [-0.25, -0.2) is 0 Å². The normalized spacial score (nSPS) is 17.5. The zero-order valence-corrected chi connectivity index (χ0v) is 19.6. The summed E-state index contributed by atoms with van der Waals surface area (Å²) >= 11 is 0. The summed E-state index contributed by atoms with van der Waals surface area (Å²) in [7, 11) is 0. The highest BCUT2D eigenvalue weighted by atomic mass is 16.5. The van der Waals surface area contributed by atoms with E-state index < -0.39 is 0 Å². The van der Waals surface area contributed by atoms with Gasteiger partial charge in [0.2, 0.25) is 17.6 Å². The van der Waals surface area contributed by atoms with E-state index in [1.165, 1.54) is 5.56 Å². The molecule has 1 aliphatic rings. The van der Waals surface area contributed by atoms with E-state index in [0.717, 1.165) is 36.3 Å². The number of likely N-dealkylation sites (tertiary alicyclic amines) is 1. The first-order valence-corrected chi connectivity index (χ1v) is 11.7. The summed E-state index contributed by atoms with van der Waals surface area (Å²) in [5, 5.41) is 7.30. The second-order valence-corrected chi connectivity index (χ2v) is 8.68. The van der Waals surface area contributed by atoms with Gasteiger partial charge in [-0.1, -0.05) is 47.1 Å². The molecule has 33 heavy (non-hydrogen) atoms. The van der Waals surface area contributed by atoms with Crippen molar-refractivity contribution in [3.63, 3.8) is 0 Å². The maximum atomic E-state index is 13.0. The Balaban J connectivity index is 1.31. The van der Waals surface area contributed by atoms with Crippen molar-refractivity contribution in [3.05, 3.63) is 65.5 Å². The quantitative estimate of drug-likeness (QED) is 0.545. The Kier molecular flexibility index (Phi) is 7.40. The van der Waals surface area contributed by atoms with Gasteiger partial charge in [0.25, 0.3) is 0 Å². The molecule has 1 saturated heterocycles. The van der Waals surface area contributed by atoms with Crippen LogP contribution in [0.25, 0.3) is 11.4 Å². The molecule has 1 N–H and O–H groups in total. The lowest BCUT2D eigenvalue weighted by Gasteiger charge is -2.31. The Morgan fingerprint density at radius 1 is 1.21 bits per heavy atom. The zero-order valence-electron chi connectivity index (χ0n) is 19.6. The third kappa shape index (κ3) is 5.99. The molecule has 2 atom stereocenters. The second kappa shape index (κ2) is 10.6. The largest absolute Gasteiger partial charge is 0.494 e.